The molecule has 1 aromatic rings. The SMILES string of the molecule is [Co][O]c1ccccc1. The van der Waals surface area contributed by atoms with Gasteiger partial charge in [-0.05, 0) is 0 Å². The molecule has 1 rings (SSSR count). The molecule has 0 aromatic heterocycles. The summed E-state index contributed by atoms with van der Waals surface area (Å²) in [5.41, 5.74) is 0. The van der Waals surface area contributed by atoms with Crippen molar-refractivity contribution in [1.29, 1.82) is 0 Å². The van der Waals surface area contributed by atoms with E-state index in [4.69, 9.17) is 0 Å². The van der Waals surface area contributed by atoms with E-state index >= 15 is 0 Å². The monoisotopic (exact) mass is 152 g/mol. The zero-order valence-electron chi connectivity index (χ0n) is 4.13. The summed E-state index contributed by atoms with van der Waals surface area (Å²) in [5.74, 6) is 0.771. The van der Waals surface area contributed by atoms with Crippen molar-refractivity contribution in [1.82, 2.24) is 0 Å². The van der Waals surface area contributed by atoms with Gasteiger partial charge in [-0.25, -0.2) is 0 Å². The van der Waals surface area contributed by atoms with Gasteiger partial charge in [-0.1, -0.05) is 0 Å². The summed E-state index contributed by atoms with van der Waals surface area (Å²) in [6, 6.07) is 9.39. The van der Waals surface area contributed by atoms with E-state index in [1.807, 2.05) is 30.3 Å². The fourth-order valence-electron chi connectivity index (χ4n) is 0.466. The summed E-state index contributed by atoms with van der Waals surface area (Å²) in [4.78, 5) is 0. The molecule has 0 bridgehead atoms. The first kappa shape index (κ1) is 5.66. The first-order valence-electron chi connectivity index (χ1n) is 2.25. The summed E-state index contributed by atoms with van der Waals surface area (Å²) < 4.78 is 4.60. The fourth-order valence-corrected chi connectivity index (χ4v) is 0.608. The Labute approximate surface area is 56.6 Å². The van der Waals surface area contributed by atoms with Crippen LogP contribution in [-0.4, -0.2) is 0 Å². The van der Waals surface area contributed by atoms with Gasteiger partial charge in [0.25, 0.3) is 0 Å². The zero-order chi connectivity index (χ0) is 5.82. The Bertz CT molecular complexity index is 150. The minimum absolute atomic E-state index is 0.771. The van der Waals surface area contributed by atoms with E-state index in [0.717, 1.165) is 5.75 Å². The number of para-hydroxylation sites is 1. The third-order valence-corrected chi connectivity index (χ3v) is 1.07. The molecular weight excluding hydrogens is 147 g/mol. The van der Waals surface area contributed by atoms with E-state index in [9.17, 15) is 0 Å². The summed E-state index contributed by atoms with van der Waals surface area (Å²) >= 11 is 3.65. The molecule has 0 aliphatic heterocycles. The normalized spacial score (nSPS) is 8.75. The summed E-state index contributed by atoms with van der Waals surface area (Å²) in [6.45, 7) is 0. The van der Waals surface area contributed by atoms with E-state index in [2.05, 4.69) is 19.9 Å². The summed E-state index contributed by atoms with van der Waals surface area (Å²) in [6.07, 6.45) is 0. The van der Waals surface area contributed by atoms with Crippen molar-refractivity contribution in [3.05, 3.63) is 30.3 Å². The molecule has 0 aliphatic carbocycles. The van der Waals surface area contributed by atoms with Crippen molar-refractivity contribution in [2.24, 2.45) is 0 Å². The van der Waals surface area contributed by atoms with Gasteiger partial charge in [-0.2, -0.15) is 0 Å². The second-order valence-electron chi connectivity index (χ2n) is 1.38. The molecule has 1 aromatic carbocycles. The van der Waals surface area contributed by atoms with Crippen LogP contribution in [-0.2, 0) is 16.1 Å². The van der Waals surface area contributed by atoms with E-state index < -0.39 is 0 Å². The first-order chi connectivity index (χ1) is 3.93. The number of hydrogen-bond acceptors (Lipinski definition) is 1. The average molecular weight is 152 g/mol. The first-order valence-corrected chi connectivity index (χ1v) is 2.68. The van der Waals surface area contributed by atoms with Crippen molar-refractivity contribution >= 4 is 0 Å². The van der Waals surface area contributed by atoms with E-state index in [-0.39, 0.29) is 0 Å². The molecule has 0 unspecified atom stereocenters. The molecule has 1 nitrogen and oxygen atoms in total. The molecule has 0 saturated heterocycles. The fraction of sp³-hybridized carbons (Fsp3) is 0. The van der Waals surface area contributed by atoms with Gasteiger partial charge in [0.2, 0.25) is 0 Å². The molecule has 0 N–H and O–H groups in total. The Kier molecular flexibility index (Phi) is 1.94. The zero-order valence-corrected chi connectivity index (χ0v) is 5.17. The Morgan fingerprint density at radius 2 is 1.75 bits per heavy atom. The second-order valence-corrected chi connectivity index (χ2v) is 1.59. The van der Waals surface area contributed by atoms with Crippen LogP contribution in [0.3, 0.4) is 0 Å². The molecule has 44 valence electrons. The summed E-state index contributed by atoms with van der Waals surface area (Å²) in [5, 5.41) is 0. The van der Waals surface area contributed by atoms with Crippen LogP contribution in [0.15, 0.2) is 30.3 Å². The maximum atomic E-state index is 4.60. The van der Waals surface area contributed by atoms with Gasteiger partial charge in [0.1, 0.15) is 0 Å². The Morgan fingerprint density at radius 1 is 1.12 bits per heavy atom. The predicted molar refractivity (Wildman–Crippen MR) is 27.1 cm³/mol. The Hall–Kier alpha value is -0.474. The third-order valence-electron chi connectivity index (χ3n) is 0.822. The second kappa shape index (κ2) is 2.74. The van der Waals surface area contributed by atoms with Crippen LogP contribution in [0.4, 0.5) is 0 Å². The maximum absolute atomic E-state index is 4.60. The van der Waals surface area contributed by atoms with Crippen LogP contribution in [0, 0.1) is 0 Å². The molecule has 0 aliphatic rings. The van der Waals surface area contributed by atoms with Crippen LogP contribution in [0.1, 0.15) is 0 Å². The van der Waals surface area contributed by atoms with Gasteiger partial charge in [0.05, 0.1) is 0 Å². The van der Waals surface area contributed by atoms with E-state index in [1.165, 1.54) is 0 Å². The van der Waals surface area contributed by atoms with Crippen molar-refractivity contribution in [3.8, 4) is 5.75 Å². The predicted octanol–water partition coefficient (Wildman–Crippen LogP) is 1.53. The third kappa shape index (κ3) is 1.25. The van der Waals surface area contributed by atoms with E-state index in [1.54, 1.807) is 0 Å². The molecule has 0 heterocycles. The standard InChI is InChI=1S/C6H6O.Co/c7-6-4-2-1-3-5-6;/h1-5,7H;/q;+1/p-1. The molecule has 8 heavy (non-hydrogen) atoms. The topological polar surface area (TPSA) is 9.23 Å². The number of benzene rings is 1. The van der Waals surface area contributed by atoms with Gasteiger partial charge >= 0.3 is 56.0 Å². The van der Waals surface area contributed by atoms with Crippen LogP contribution in [0.5, 0.6) is 5.75 Å². The van der Waals surface area contributed by atoms with Crippen LogP contribution >= 0.6 is 0 Å². The molecule has 0 saturated carbocycles. The van der Waals surface area contributed by atoms with Crippen LogP contribution < -0.4 is 3.85 Å². The molecule has 0 radical (unpaired) electrons. The van der Waals surface area contributed by atoms with Crippen LogP contribution in [0.2, 0.25) is 0 Å². The molecular formula is C6H5CoO. The minimum atomic E-state index is 0.771. The quantitative estimate of drug-likeness (QED) is 0.592. The van der Waals surface area contributed by atoms with Gasteiger partial charge in [-0.15, -0.1) is 0 Å². The number of rotatable bonds is 1. The molecule has 2 heteroatoms. The van der Waals surface area contributed by atoms with Crippen molar-refractivity contribution in [2.45, 2.75) is 0 Å². The molecule has 0 fully saturated rings. The van der Waals surface area contributed by atoms with Crippen molar-refractivity contribution < 1.29 is 19.9 Å². The van der Waals surface area contributed by atoms with Gasteiger partial charge in [0.15, 0.2) is 0 Å². The molecule has 0 spiro atoms. The molecule has 0 amide bonds. The summed E-state index contributed by atoms with van der Waals surface area (Å²) in [7, 11) is 0. The average Bonchev–Trinajstić information content (AvgIpc) is 1.90. The van der Waals surface area contributed by atoms with Gasteiger partial charge in [-0.3, -0.25) is 0 Å². The number of hydrogen-bond donors (Lipinski definition) is 0. The van der Waals surface area contributed by atoms with Crippen molar-refractivity contribution in [3.63, 3.8) is 0 Å². The van der Waals surface area contributed by atoms with Gasteiger partial charge < -0.3 is 0 Å². The van der Waals surface area contributed by atoms with E-state index in [0.29, 0.717) is 0 Å². The Morgan fingerprint density at radius 3 is 2.12 bits per heavy atom. The van der Waals surface area contributed by atoms with Gasteiger partial charge in [0, 0.05) is 0 Å². The van der Waals surface area contributed by atoms with Crippen molar-refractivity contribution in [2.75, 3.05) is 0 Å². The molecule has 0 atom stereocenters. The Balaban J connectivity index is 2.83. The van der Waals surface area contributed by atoms with Crippen LogP contribution in [0.25, 0.3) is 0 Å².